The monoisotopic (exact) mass is 411 g/mol. The van der Waals surface area contributed by atoms with E-state index in [1.807, 2.05) is 48.7 Å². The van der Waals surface area contributed by atoms with Crippen molar-refractivity contribution in [2.75, 3.05) is 7.11 Å². The van der Waals surface area contributed by atoms with Crippen LogP contribution in [0.25, 0.3) is 28.2 Å². The van der Waals surface area contributed by atoms with Crippen LogP contribution in [0.5, 0.6) is 5.75 Å². The Balaban J connectivity index is 1.90. The molecule has 0 atom stereocenters. The highest BCUT2D eigenvalue weighted by Crippen LogP contribution is 2.37. The molecule has 0 saturated heterocycles. The van der Waals surface area contributed by atoms with Crippen LogP contribution in [0.1, 0.15) is 38.3 Å². The van der Waals surface area contributed by atoms with Gasteiger partial charge in [0, 0.05) is 11.8 Å². The van der Waals surface area contributed by atoms with Crippen LogP contribution in [0.4, 0.5) is 0 Å². The Morgan fingerprint density at radius 1 is 0.839 bits per heavy atom. The zero-order chi connectivity index (χ0) is 21.5. The number of hydrogen-bond acceptors (Lipinski definition) is 3. The molecule has 0 unspecified atom stereocenters. The maximum atomic E-state index is 5.38. The maximum Gasteiger partial charge on any atom is 0.118 e. The van der Waals surface area contributed by atoms with Crippen LogP contribution in [-0.2, 0) is 6.42 Å². The third kappa shape index (κ3) is 4.69. The molecule has 0 aliphatic heterocycles. The molecule has 0 amide bonds. The third-order valence-electron chi connectivity index (χ3n) is 5.51. The van der Waals surface area contributed by atoms with Crippen molar-refractivity contribution in [1.82, 2.24) is 14.8 Å². The predicted octanol–water partition coefficient (Wildman–Crippen LogP) is 6.73. The van der Waals surface area contributed by atoms with Crippen molar-refractivity contribution in [2.24, 2.45) is 0 Å². The third-order valence-corrected chi connectivity index (χ3v) is 5.51. The van der Waals surface area contributed by atoms with E-state index in [9.17, 15) is 0 Å². The molecule has 4 heteroatoms. The normalized spacial score (nSPS) is 10.9. The average Bonchev–Trinajstić information content (AvgIpc) is 3.22. The lowest BCUT2D eigenvalue weighted by molar-refractivity contribution is 0.415. The first-order valence-electron chi connectivity index (χ1n) is 11.0. The Kier molecular flexibility index (Phi) is 6.78. The second-order valence-electron chi connectivity index (χ2n) is 7.67. The zero-order valence-corrected chi connectivity index (χ0v) is 18.3. The number of aromatic nitrogens is 3. The summed E-state index contributed by atoms with van der Waals surface area (Å²) in [4.78, 5) is 4.69. The summed E-state index contributed by atoms with van der Waals surface area (Å²) in [6.45, 7) is 2.24. The summed E-state index contributed by atoms with van der Waals surface area (Å²) in [6, 6.07) is 24.6. The fraction of sp³-hybridized carbons (Fsp3) is 0.259. The number of ether oxygens (including phenoxy) is 1. The molecule has 4 nitrogen and oxygen atoms in total. The van der Waals surface area contributed by atoms with Crippen molar-refractivity contribution < 1.29 is 4.74 Å². The highest BCUT2D eigenvalue weighted by molar-refractivity contribution is 5.83. The van der Waals surface area contributed by atoms with Gasteiger partial charge in [0.1, 0.15) is 11.4 Å². The fourth-order valence-corrected chi connectivity index (χ4v) is 3.91. The van der Waals surface area contributed by atoms with Crippen molar-refractivity contribution >= 4 is 0 Å². The molecule has 0 saturated carbocycles. The summed E-state index contributed by atoms with van der Waals surface area (Å²) < 4.78 is 7.44. The summed E-state index contributed by atoms with van der Waals surface area (Å²) in [5, 5.41) is 5.12. The minimum absolute atomic E-state index is 0.850. The molecule has 0 radical (unpaired) electrons. The number of benzene rings is 2. The maximum absolute atomic E-state index is 5.38. The Labute approximate surface area is 184 Å². The molecule has 158 valence electrons. The lowest BCUT2D eigenvalue weighted by Gasteiger charge is -2.10. The summed E-state index contributed by atoms with van der Waals surface area (Å²) in [5.41, 5.74) is 6.39. The van der Waals surface area contributed by atoms with E-state index in [0.717, 1.165) is 52.5 Å². The lowest BCUT2D eigenvalue weighted by Crippen LogP contribution is -2.00. The lowest BCUT2D eigenvalue weighted by atomic mass is 9.98. The van der Waals surface area contributed by atoms with Gasteiger partial charge in [-0.15, -0.1) is 0 Å². The Morgan fingerprint density at radius 3 is 2.29 bits per heavy atom. The predicted molar refractivity (Wildman–Crippen MR) is 127 cm³/mol. The molecule has 2 aromatic carbocycles. The van der Waals surface area contributed by atoms with Crippen molar-refractivity contribution in [3.63, 3.8) is 0 Å². The van der Waals surface area contributed by atoms with Gasteiger partial charge in [0.2, 0.25) is 0 Å². The Hall–Kier alpha value is -3.40. The number of para-hydroxylation sites is 1. The number of nitrogens with zero attached hydrogens (tertiary/aromatic N) is 3. The quantitative estimate of drug-likeness (QED) is 0.287. The van der Waals surface area contributed by atoms with Crippen molar-refractivity contribution in [2.45, 2.75) is 39.0 Å². The molecule has 0 fully saturated rings. The molecule has 4 aromatic rings. The SMILES string of the molecule is CCCCCCc1nn(-c2ccccc2)c(-c2ccccn2)c1-c1ccc(OC)cc1. The van der Waals surface area contributed by atoms with E-state index >= 15 is 0 Å². The summed E-state index contributed by atoms with van der Waals surface area (Å²) in [5.74, 6) is 0.850. The van der Waals surface area contributed by atoms with Crippen LogP contribution in [0, 0.1) is 0 Å². The van der Waals surface area contributed by atoms with Gasteiger partial charge < -0.3 is 4.74 Å². The molecule has 0 aliphatic carbocycles. The fourth-order valence-electron chi connectivity index (χ4n) is 3.91. The van der Waals surface area contributed by atoms with Gasteiger partial charge in [0.25, 0.3) is 0 Å². The standard InChI is InChI=1S/C27H29N3O/c1-3-4-5-9-14-24-26(21-16-18-23(31-2)19-17-21)27(25-15-10-11-20-28-25)30(29-24)22-12-7-6-8-13-22/h6-8,10-13,15-20H,3-5,9,14H2,1-2H3. The molecule has 2 aromatic heterocycles. The van der Waals surface area contributed by atoms with Gasteiger partial charge in [0.05, 0.1) is 24.2 Å². The molecule has 4 rings (SSSR count). The second-order valence-corrected chi connectivity index (χ2v) is 7.67. The minimum atomic E-state index is 0.850. The van der Waals surface area contributed by atoms with Gasteiger partial charge in [-0.25, -0.2) is 4.68 Å². The van der Waals surface area contributed by atoms with E-state index in [0.29, 0.717) is 0 Å². The van der Waals surface area contributed by atoms with Crippen LogP contribution >= 0.6 is 0 Å². The first-order valence-corrected chi connectivity index (χ1v) is 11.0. The zero-order valence-electron chi connectivity index (χ0n) is 18.3. The highest BCUT2D eigenvalue weighted by Gasteiger charge is 2.22. The van der Waals surface area contributed by atoms with Crippen molar-refractivity contribution in [3.05, 3.63) is 84.7 Å². The molecule has 0 aliphatic rings. The van der Waals surface area contributed by atoms with E-state index in [1.54, 1.807) is 7.11 Å². The summed E-state index contributed by atoms with van der Waals surface area (Å²) >= 11 is 0. The highest BCUT2D eigenvalue weighted by atomic mass is 16.5. The first-order chi connectivity index (χ1) is 15.3. The van der Waals surface area contributed by atoms with Gasteiger partial charge in [-0.1, -0.05) is 62.6 Å². The van der Waals surface area contributed by atoms with E-state index < -0.39 is 0 Å². The van der Waals surface area contributed by atoms with Gasteiger partial charge in [-0.2, -0.15) is 5.10 Å². The molecule has 31 heavy (non-hydrogen) atoms. The van der Waals surface area contributed by atoms with Crippen LogP contribution in [0.2, 0.25) is 0 Å². The topological polar surface area (TPSA) is 39.9 Å². The number of aryl methyl sites for hydroxylation is 1. The number of rotatable bonds is 9. The first kappa shape index (κ1) is 20.9. The molecule has 0 spiro atoms. The molecular weight excluding hydrogens is 382 g/mol. The van der Waals surface area contributed by atoms with Gasteiger partial charge in [-0.05, 0) is 54.8 Å². The van der Waals surface area contributed by atoms with Gasteiger partial charge >= 0.3 is 0 Å². The summed E-state index contributed by atoms with van der Waals surface area (Å²) in [6.07, 6.45) is 7.62. The van der Waals surface area contributed by atoms with E-state index in [2.05, 4.69) is 41.9 Å². The van der Waals surface area contributed by atoms with E-state index in [4.69, 9.17) is 14.8 Å². The Bertz CT molecular complexity index is 1090. The second kappa shape index (κ2) is 10.1. The molecular formula is C27H29N3O. The van der Waals surface area contributed by atoms with E-state index in [-0.39, 0.29) is 0 Å². The van der Waals surface area contributed by atoms with Crippen molar-refractivity contribution in [3.8, 4) is 34.0 Å². The van der Waals surface area contributed by atoms with Gasteiger partial charge in [-0.3, -0.25) is 4.98 Å². The molecule has 0 bridgehead atoms. The average molecular weight is 412 g/mol. The number of methoxy groups -OCH3 is 1. The van der Waals surface area contributed by atoms with Crippen LogP contribution in [0.3, 0.4) is 0 Å². The van der Waals surface area contributed by atoms with Crippen LogP contribution in [-0.4, -0.2) is 21.9 Å². The summed E-state index contributed by atoms with van der Waals surface area (Å²) in [7, 11) is 1.70. The van der Waals surface area contributed by atoms with Crippen LogP contribution in [0.15, 0.2) is 79.0 Å². The van der Waals surface area contributed by atoms with Gasteiger partial charge in [0.15, 0.2) is 0 Å². The van der Waals surface area contributed by atoms with Crippen molar-refractivity contribution in [1.29, 1.82) is 0 Å². The molecule has 0 N–H and O–H groups in total. The smallest absolute Gasteiger partial charge is 0.118 e. The number of unbranched alkanes of at least 4 members (excludes halogenated alkanes) is 3. The largest absolute Gasteiger partial charge is 0.497 e. The van der Waals surface area contributed by atoms with E-state index in [1.165, 1.54) is 19.3 Å². The number of hydrogen-bond donors (Lipinski definition) is 0. The Morgan fingerprint density at radius 2 is 1.61 bits per heavy atom. The number of pyridine rings is 1. The molecule has 2 heterocycles. The van der Waals surface area contributed by atoms with Crippen LogP contribution < -0.4 is 4.74 Å². The minimum Gasteiger partial charge on any atom is -0.497 e.